The van der Waals surface area contributed by atoms with Crippen LogP contribution in [0.1, 0.15) is 44.4 Å². The third-order valence-electron chi connectivity index (χ3n) is 5.65. The van der Waals surface area contributed by atoms with Gasteiger partial charge in [-0.05, 0) is 46.1 Å². The lowest BCUT2D eigenvalue weighted by Crippen LogP contribution is -2.44. The maximum atomic E-state index is 6.00. The first-order valence-corrected chi connectivity index (χ1v) is 9.93. The quantitative estimate of drug-likeness (QED) is 0.638. The molecule has 0 amide bonds. The van der Waals surface area contributed by atoms with Gasteiger partial charge in [0.1, 0.15) is 17.9 Å². The molecule has 140 valence electrons. The first-order valence-electron chi connectivity index (χ1n) is 9.93. The number of aliphatic imine (C=N–C) groups is 1. The number of furan rings is 1. The van der Waals surface area contributed by atoms with Crippen LogP contribution in [0.4, 0.5) is 0 Å². The summed E-state index contributed by atoms with van der Waals surface area (Å²) in [7, 11) is 0. The first-order chi connectivity index (χ1) is 12.7. The zero-order chi connectivity index (χ0) is 18.1. The molecule has 0 spiro atoms. The molecule has 26 heavy (non-hydrogen) atoms. The number of nitrogens with zero attached hydrogens (tertiary/aromatic N) is 2. The zero-order valence-corrected chi connectivity index (χ0v) is 16.1. The van der Waals surface area contributed by atoms with Crippen LogP contribution >= 0.6 is 0 Å². The summed E-state index contributed by atoms with van der Waals surface area (Å²) in [6.45, 7) is 9.12. The van der Waals surface area contributed by atoms with Gasteiger partial charge in [0.05, 0.1) is 0 Å². The Hall–Kier alpha value is -2.01. The number of likely N-dealkylation sites (tertiary alicyclic amines) is 1. The summed E-state index contributed by atoms with van der Waals surface area (Å²) >= 11 is 0. The molecule has 4 rings (SSSR count). The van der Waals surface area contributed by atoms with Crippen molar-refractivity contribution in [3.05, 3.63) is 35.6 Å². The molecule has 5 nitrogen and oxygen atoms in total. The molecule has 1 saturated heterocycles. The van der Waals surface area contributed by atoms with Gasteiger partial charge in [-0.25, -0.2) is 4.99 Å². The molecule has 0 bridgehead atoms. The fraction of sp³-hybridized carbons (Fsp3) is 0.571. The van der Waals surface area contributed by atoms with Gasteiger partial charge in [-0.3, -0.25) is 4.90 Å². The lowest BCUT2D eigenvalue weighted by Gasteiger charge is -2.20. The van der Waals surface area contributed by atoms with E-state index in [2.05, 4.69) is 48.4 Å². The van der Waals surface area contributed by atoms with Crippen LogP contribution in [0.5, 0.6) is 0 Å². The lowest BCUT2D eigenvalue weighted by atomic mass is 10.1. The molecule has 2 unspecified atom stereocenters. The van der Waals surface area contributed by atoms with Gasteiger partial charge < -0.3 is 15.1 Å². The van der Waals surface area contributed by atoms with E-state index < -0.39 is 0 Å². The minimum absolute atomic E-state index is 0.472. The summed E-state index contributed by atoms with van der Waals surface area (Å²) in [5.41, 5.74) is 2.13. The fourth-order valence-corrected chi connectivity index (χ4v) is 4.12. The Balaban J connectivity index is 1.44. The smallest absolute Gasteiger partial charge is 0.191 e. The highest BCUT2D eigenvalue weighted by Crippen LogP contribution is 2.33. The third-order valence-corrected chi connectivity index (χ3v) is 5.65. The van der Waals surface area contributed by atoms with E-state index in [-0.39, 0.29) is 0 Å². The first kappa shape index (κ1) is 17.4. The van der Waals surface area contributed by atoms with Crippen LogP contribution in [0, 0.1) is 6.92 Å². The van der Waals surface area contributed by atoms with Gasteiger partial charge in [0.15, 0.2) is 5.96 Å². The highest BCUT2D eigenvalue weighted by molar-refractivity contribution is 5.82. The summed E-state index contributed by atoms with van der Waals surface area (Å²) in [6, 6.07) is 10.2. The van der Waals surface area contributed by atoms with E-state index in [9.17, 15) is 0 Å². The number of guanidine groups is 1. The second kappa shape index (κ2) is 7.31. The standard InChI is InChI=1S/C21H30N4O/c1-4-22-21(24-16-11-14(2)25(13-16)17-9-10-17)23-12-20-15(3)18-7-5-6-8-19(18)26-20/h5-8,14,16-17H,4,9-13H2,1-3H3,(H2,22,23,24). The zero-order valence-electron chi connectivity index (χ0n) is 16.1. The van der Waals surface area contributed by atoms with Gasteiger partial charge in [0, 0.05) is 42.2 Å². The Morgan fingerprint density at radius 1 is 1.31 bits per heavy atom. The second-order valence-electron chi connectivity index (χ2n) is 7.70. The van der Waals surface area contributed by atoms with Crippen molar-refractivity contribution >= 4 is 16.9 Å². The van der Waals surface area contributed by atoms with Gasteiger partial charge in [-0.15, -0.1) is 0 Å². The van der Waals surface area contributed by atoms with E-state index in [1.165, 1.54) is 30.2 Å². The number of benzene rings is 1. The Kier molecular flexibility index (Phi) is 4.90. The summed E-state index contributed by atoms with van der Waals surface area (Å²) in [4.78, 5) is 7.45. The van der Waals surface area contributed by atoms with Crippen molar-refractivity contribution < 1.29 is 4.42 Å². The van der Waals surface area contributed by atoms with Crippen molar-refractivity contribution in [2.45, 2.75) is 64.7 Å². The number of aryl methyl sites for hydroxylation is 1. The minimum Gasteiger partial charge on any atom is -0.459 e. The summed E-state index contributed by atoms with van der Waals surface area (Å²) in [6.07, 6.45) is 3.93. The van der Waals surface area contributed by atoms with E-state index >= 15 is 0 Å². The highest BCUT2D eigenvalue weighted by atomic mass is 16.3. The average Bonchev–Trinajstić information content (AvgIpc) is 3.34. The van der Waals surface area contributed by atoms with Crippen molar-refractivity contribution in [2.75, 3.05) is 13.1 Å². The molecule has 1 aromatic carbocycles. The van der Waals surface area contributed by atoms with E-state index in [1.54, 1.807) is 0 Å². The average molecular weight is 354 g/mol. The molecular formula is C21H30N4O. The predicted octanol–water partition coefficient (Wildman–Crippen LogP) is 3.42. The third kappa shape index (κ3) is 3.58. The van der Waals surface area contributed by atoms with Crippen LogP contribution in [-0.4, -0.2) is 42.1 Å². The van der Waals surface area contributed by atoms with Crippen molar-refractivity contribution in [1.82, 2.24) is 15.5 Å². The lowest BCUT2D eigenvalue weighted by molar-refractivity contribution is 0.256. The van der Waals surface area contributed by atoms with Crippen LogP contribution in [-0.2, 0) is 6.54 Å². The SMILES string of the molecule is CCNC(=NCc1oc2ccccc2c1C)NC1CC(C)N(C2CC2)C1. The van der Waals surface area contributed by atoms with Crippen molar-refractivity contribution in [3.63, 3.8) is 0 Å². The normalized spacial score (nSPS) is 24.3. The molecule has 2 aromatic rings. The maximum Gasteiger partial charge on any atom is 0.191 e. The predicted molar refractivity (Wildman–Crippen MR) is 106 cm³/mol. The van der Waals surface area contributed by atoms with Crippen LogP contribution in [0.2, 0.25) is 0 Å². The molecule has 5 heteroatoms. The van der Waals surface area contributed by atoms with E-state index in [0.717, 1.165) is 36.4 Å². The topological polar surface area (TPSA) is 52.8 Å². The number of hydrogen-bond donors (Lipinski definition) is 2. The Labute approximate surface area is 155 Å². The van der Waals surface area contributed by atoms with Gasteiger partial charge in [0.25, 0.3) is 0 Å². The molecule has 1 aliphatic carbocycles. The molecule has 2 N–H and O–H groups in total. The Bertz CT molecular complexity index is 792. The van der Waals surface area contributed by atoms with Gasteiger partial charge in [-0.1, -0.05) is 18.2 Å². The molecule has 2 aliphatic rings. The van der Waals surface area contributed by atoms with E-state index in [1.807, 2.05) is 12.1 Å². The van der Waals surface area contributed by atoms with Crippen molar-refractivity contribution in [3.8, 4) is 0 Å². The molecule has 1 aliphatic heterocycles. The molecule has 2 fully saturated rings. The molecular weight excluding hydrogens is 324 g/mol. The number of rotatable bonds is 5. The Morgan fingerprint density at radius 3 is 2.85 bits per heavy atom. The number of nitrogens with one attached hydrogen (secondary N) is 2. The van der Waals surface area contributed by atoms with Crippen LogP contribution < -0.4 is 10.6 Å². The largest absolute Gasteiger partial charge is 0.459 e. The summed E-state index contributed by atoms with van der Waals surface area (Å²) in [5.74, 6) is 1.84. The van der Waals surface area contributed by atoms with E-state index in [4.69, 9.17) is 9.41 Å². The molecule has 0 radical (unpaired) electrons. The molecule has 1 saturated carbocycles. The summed E-state index contributed by atoms with van der Waals surface area (Å²) < 4.78 is 6.00. The number of para-hydroxylation sites is 1. The summed E-state index contributed by atoms with van der Waals surface area (Å²) in [5, 5.41) is 8.21. The number of fused-ring (bicyclic) bond motifs is 1. The van der Waals surface area contributed by atoms with Crippen LogP contribution in [0.15, 0.2) is 33.7 Å². The van der Waals surface area contributed by atoms with Crippen LogP contribution in [0.25, 0.3) is 11.0 Å². The number of hydrogen-bond acceptors (Lipinski definition) is 3. The van der Waals surface area contributed by atoms with E-state index in [0.29, 0.717) is 18.6 Å². The van der Waals surface area contributed by atoms with Crippen LogP contribution in [0.3, 0.4) is 0 Å². The van der Waals surface area contributed by atoms with Gasteiger partial charge in [0.2, 0.25) is 0 Å². The molecule has 1 aromatic heterocycles. The maximum absolute atomic E-state index is 6.00. The minimum atomic E-state index is 0.472. The van der Waals surface area contributed by atoms with Gasteiger partial charge >= 0.3 is 0 Å². The Morgan fingerprint density at radius 2 is 2.12 bits per heavy atom. The molecule has 2 heterocycles. The second-order valence-corrected chi connectivity index (χ2v) is 7.70. The monoisotopic (exact) mass is 354 g/mol. The fourth-order valence-electron chi connectivity index (χ4n) is 4.12. The van der Waals surface area contributed by atoms with Gasteiger partial charge in [-0.2, -0.15) is 0 Å². The molecule has 2 atom stereocenters. The van der Waals surface area contributed by atoms with Crippen molar-refractivity contribution in [2.24, 2.45) is 4.99 Å². The van der Waals surface area contributed by atoms with Crippen molar-refractivity contribution in [1.29, 1.82) is 0 Å². The highest BCUT2D eigenvalue weighted by Gasteiger charge is 2.38.